The Balaban J connectivity index is 3.70. The van der Waals surface area contributed by atoms with Crippen LogP contribution in [0.1, 0.15) is 0 Å². The summed E-state index contributed by atoms with van der Waals surface area (Å²) in [4.78, 5) is 21.2. The molecular formula is C6H9BrN2O2. The van der Waals surface area contributed by atoms with Crippen LogP contribution in [0.5, 0.6) is 0 Å². The fraction of sp³-hybridized carbons (Fsp3) is 0.333. The quantitative estimate of drug-likeness (QED) is 0.632. The zero-order valence-corrected chi connectivity index (χ0v) is 7.69. The van der Waals surface area contributed by atoms with Gasteiger partial charge in [-0.15, -0.1) is 0 Å². The maximum atomic E-state index is 10.7. The summed E-state index contributed by atoms with van der Waals surface area (Å²) in [5.41, 5.74) is 0. The van der Waals surface area contributed by atoms with Crippen molar-refractivity contribution < 1.29 is 9.59 Å². The molecular weight excluding hydrogens is 212 g/mol. The molecule has 0 saturated heterocycles. The number of hydrogen-bond donors (Lipinski definition) is 2. The SMILES string of the molecule is C=C(Br)CNC(=O)C(=O)NC. The first-order valence-corrected chi connectivity index (χ1v) is 3.70. The minimum atomic E-state index is -0.659. The Morgan fingerprint density at radius 3 is 2.36 bits per heavy atom. The monoisotopic (exact) mass is 220 g/mol. The van der Waals surface area contributed by atoms with Crippen LogP contribution in [0.3, 0.4) is 0 Å². The molecule has 0 aromatic carbocycles. The predicted molar refractivity (Wildman–Crippen MR) is 45.1 cm³/mol. The highest BCUT2D eigenvalue weighted by atomic mass is 79.9. The lowest BCUT2D eigenvalue weighted by Crippen LogP contribution is -2.38. The van der Waals surface area contributed by atoms with Crippen LogP contribution in [-0.4, -0.2) is 25.4 Å². The molecule has 0 rings (SSSR count). The van der Waals surface area contributed by atoms with Gasteiger partial charge < -0.3 is 10.6 Å². The van der Waals surface area contributed by atoms with Gasteiger partial charge in [0.2, 0.25) is 0 Å². The molecule has 11 heavy (non-hydrogen) atoms. The highest BCUT2D eigenvalue weighted by Crippen LogP contribution is 1.95. The standard InChI is InChI=1S/C6H9BrN2O2/c1-4(7)3-9-6(11)5(10)8-2/h1,3H2,2H3,(H,8,10)(H,9,11). The van der Waals surface area contributed by atoms with Crippen LogP contribution in [0.15, 0.2) is 11.1 Å². The topological polar surface area (TPSA) is 58.2 Å². The van der Waals surface area contributed by atoms with Gasteiger partial charge in [0.15, 0.2) is 0 Å². The zero-order chi connectivity index (χ0) is 8.85. The summed E-state index contributed by atoms with van der Waals surface area (Å²) in [7, 11) is 1.39. The third-order valence-electron chi connectivity index (χ3n) is 0.874. The molecule has 0 spiro atoms. The number of amides is 2. The molecule has 0 unspecified atom stereocenters. The van der Waals surface area contributed by atoms with E-state index in [-0.39, 0.29) is 6.54 Å². The van der Waals surface area contributed by atoms with Gasteiger partial charge in [-0.3, -0.25) is 9.59 Å². The lowest BCUT2D eigenvalue weighted by Gasteiger charge is -2.00. The van der Waals surface area contributed by atoms with E-state index in [0.29, 0.717) is 4.48 Å². The molecule has 0 aromatic rings. The lowest BCUT2D eigenvalue weighted by atomic mass is 10.5. The molecule has 2 amide bonds. The van der Waals surface area contributed by atoms with Crippen LogP contribution in [-0.2, 0) is 9.59 Å². The van der Waals surface area contributed by atoms with Crippen molar-refractivity contribution in [2.75, 3.05) is 13.6 Å². The summed E-state index contributed by atoms with van der Waals surface area (Å²) in [6, 6.07) is 0. The number of carbonyl (C=O) groups is 2. The van der Waals surface area contributed by atoms with Gasteiger partial charge >= 0.3 is 11.8 Å². The van der Waals surface area contributed by atoms with Crippen molar-refractivity contribution in [1.82, 2.24) is 10.6 Å². The molecule has 5 heteroatoms. The fourth-order valence-corrected chi connectivity index (χ4v) is 0.510. The molecule has 0 heterocycles. The van der Waals surface area contributed by atoms with E-state index in [1.807, 2.05) is 0 Å². The third kappa shape index (κ3) is 4.55. The Hall–Kier alpha value is -0.840. The maximum Gasteiger partial charge on any atom is 0.309 e. The zero-order valence-electron chi connectivity index (χ0n) is 6.11. The second-order valence-electron chi connectivity index (χ2n) is 1.78. The second-order valence-corrected chi connectivity index (χ2v) is 2.90. The number of rotatable bonds is 2. The molecule has 0 aliphatic carbocycles. The minimum Gasteiger partial charge on any atom is -0.351 e. The number of nitrogens with one attached hydrogen (secondary N) is 2. The Morgan fingerprint density at radius 1 is 1.45 bits per heavy atom. The molecule has 0 radical (unpaired) electrons. The molecule has 0 fully saturated rings. The maximum absolute atomic E-state index is 10.7. The van der Waals surface area contributed by atoms with Crippen LogP contribution in [0.2, 0.25) is 0 Å². The Kier molecular flexibility index (Phi) is 4.52. The lowest BCUT2D eigenvalue weighted by molar-refractivity contribution is -0.138. The van der Waals surface area contributed by atoms with E-state index in [9.17, 15) is 9.59 Å². The van der Waals surface area contributed by atoms with Gasteiger partial charge in [-0.25, -0.2) is 0 Å². The Morgan fingerprint density at radius 2 is 2.00 bits per heavy atom. The molecule has 0 aromatic heterocycles. The first kappa shape index (κ1) is 10.2. The van der Waals surface area contributed by atoms with Crippen LogP contribution >= 0.6 is 15.9 Å². The number of halogens is 1. The van der Waals surface area contributed by atoms with Crippen molar-refractivity contribution in [2.45, 2.75) is 0 Å². The van der Waals surface area contributed by atoms with Crippen molar-refractivity contribution in [1.29, 1.82) is 0 Å². The van der Waals surface area contributed by atoms with Crippen LogP contribution in [0.4, 0.5) is 0 Å². The molecule has 0 atom stereocenters. The molecule has 0 aliphatic rings. The molecule has 0 saturated carbocycles. The van der Waals surface area contributed by atoms with Crippen LogP contribution in [0, 0.1) is 0 Å². The van der Waals surface area contributed by atoms with E-state index in [2.05, 4.69) is 33.1 Å². The van der Waals surface area contributed by atoms with Gasteiger partial charge in [0, 0.05) is 18.1 Å². The first-order valence-electron chi connectivity index (χ1n) is 2.91. The van der Waals surface area contributed by atoms with Gasteiger partial charge in [-0.2, -0.15) is 0 Å². The summed E-state index contributed by atoms with van der Waals surface area (Å²) >= 11 is 3.03. The first-order chi connectivity index (χ1) is 5.07. The summed E-state index contributed by atoms with van der Waals surface area (Å²) in [5.74, 6) is -1.31. The minimum absolute atomic E-state index is 0.256. The molecule has 2 N–H and O–H groups in total. The van der Waals surface area contributed by atoms with Crippen molar-refractivity contribution in [3.8, 4) is 0 Å². The van der Waals surface area contributed by atoms with Gasteiger partial charge in [0.1, 0.15) is 0 Å². The van der Waals surface area contributed by atoms with E-state index in [4.69, 9.17) is 0 Å². The Bertz CT molecular complexity index is 191. The molecule has 4 nitrogen and oxygen atoms in total. The average Bonchev–Trinajstić information content (AvgIpc) is 1.98. The Labute approximate surface area is 73.2 Å². The van der Waals surface area contributed by atoms with Crippen molar-refractivity contribution in [3.05, 3.63) is 11.1 Å². The number of likely N-dealkylation sites (N-methyl/N-ethyl adjacent to an activating group) is 1. The van der Waals surface area contributed by atoms with Gasteiger partial charge in [0.25, 0.3) is 0 Å². The predicted octanol–water partition coefficient (Wildman–Crippen LogP) is -0.243. The van der Waals surface area contributed by atoms with E-state index in [1.54, 1.807) is 0 Å². The van der Waals surface area contributed by atoms with E-state index in [0.717, 1.165) is 0 Å². The van der Waals surface area contributed by atoms with E-state index in [1.165, 1.54) is 7.05 Å². The number of carbonyl (C=O) groups excluding carboxylic acids is 2. The number of hydrogen-bond acceptors (Lipinski definition) is 2. The fourth-order valence-electron chi connectivity index (χ4n) is 0.370. The van der Waals surface area contributed by atoms with Crippen molar-refractivity contribution in [3.63, 3.8) is 0 Å². The second kappa shape index (κ2) is 4.90. The summed E-state index contributed by atoms with van der Waals surface area (Å²) in [5, 5.41) is 4.53. The normalized spacial score (nSPS) is 8.55. The van der Waals surface area contributed by atoms with Crippen molar-refractivity contribution in [2.24, 2.45) is 0 Å². The third-order valence-corrected chi connectivity index (χ3v) is 1.15. The van der Waals surface area contributed by atoms with Crippen LogP contribution in [0.25, 0.3) is 0 Å². The van der Waals surface area contributed by atoms with Gasteiger partial charge in [-0.1, -0.05) is 22.5 Å². The van der Waals surface area contributed by atoms with Gasteiger partial charge in [0.05, 0.1) is 0 Å². The van der Waals surface area contributed by atoms with Crippen LogP contribution < -0.4 is 10.6 Å². The average molecular weight is 221 g/mol. The van der Waals surface area contributed by atoms with E-state index < -0.39 is 11.8 Å². The molecule has 0 aliphatic heterocycles. The molecule has 62 valence electrons. The highest BCUT2D eigenvalue weighted by molar-refractivity contribution is 9.11. The summed E-state index contributed by atoms with van der Waals surface area (Å²) in [6.45, 7) is 3.74. The molecule has 0 bridgehead atoms. The smallest absolute Gasteiger partial charge is 0.309 e. The summed E-state index contributed by atoms with van der Waals surface area (Å²) < 4.78 is 0.620. The largest absolute Gasteiger partial charge is 0.351 e. The summed E-state index contributed by atoms with van der Waals surface area (Å²) in [6.07, 6.45) is 0. The van der Waals surface area contributed by atoms with E-state index >= 15 is 0 Å². The highest BCUT2D eigenvalue weighted by Gasteiger charge is 2.09. The van der Waals surface area contributed by atoms with Gasteiger partial charge in [-0.05, 0) is 0 Å². The van der Waals surface area contributed by atoms with Crippen molar-refractivity contribution >= 4 is 27.7 Å².